The molecule has 5 heteroatoms. The van der Waals surface area contributed by atoms with Gasteiger partial charge < -0.3 is 19.4 Å². The number of methoxy groups -OCH3 is 1. The largest absolute Gasteiger partial charge is 0.463 e. The van der Waals surface area contributed by atoms with Gasteiger partial charge in [0, 0.05) is 25.2 Å². The first kappa shape index (κ1) is 12.7. The van der Waals surface area contributed by atoms with Crippen molar-refractivity contribution in [3.05, 3.63) is 23.7 Å². The Kier molecular flexibility index (Phi) is 5.01. The number of ether oxygens (including phenoxy) is 1. The maximum atomic E-state index is 11.3. The fourth-order valence-electron chi connectivity index (χ4n) is 1.40. The fourth-order valence-corrected chi connectivity index (χ4v) is 1.40. The summed E-state index contributed by atoms with van der Waals surface area (Å²) in [4.78, 5) is 13.4. The molecule has 0 fully saturated rings. The van der Waals surface area contributed by atoms with E-state index in [1.807, 2.05) is 14.1 Å². The highest BCUT2D eigenvalue weighted by Crippen LogP contribution is 2.13. The van der Waals surface area contributed by atoms with Gasteiger partial charge in [0.25, 0.3) is 0 Å². The summed E-state index contributed by atoms with van der Waals surface area (Å²) in [5.41, 5.74) is 0.852. The number of rotatable bonds is 6. The number of carbonyl (C=O) groups is 1. The van der Waals surface area contributed by atoms with E-state index in [2.05, 4.69) is 15.0 Å². The van der Waals surface area contributed by atoms with Crippen molar-refractivity contribution in [1.29, 1.82) is 0 Å². The molecule has 1 N–H and O–H groups in total. The molecule has 16 heavy (non-hydrogen) atoms. The van der Waals surface area contributed by atoms with Gasteiger partial charge in [-0.15, -0.1) is 0 Å². The molecule has 0 atom stereocenters. The number of hydrogen-bond donors (Lipinski definition) is 1. The predicted molar refractivity (Wildman–Crippen MR) is 60.3 cm³/mol. The maximum absolute atomic E-state index is 11.3. The number of hydrogen-bond acceptors (Lipinski definition) is 5. The van der Waals surface area contributed by atoms with E-state index in [1.165, 1.54) is 13.4 Å². The second-order valence-electron chi connectivity index (χ2n) is 3.61. The summed E-state index contributed by atoms with van der Waals surface area (Å²) in [5, 5.41) is 3.07. The van der Waals surface area contributed by atoms with Crippen LogP contribution in [0.1, 0.15) is 16.1 Å². The molecular weight excluding hydrogens is 208 g/mol. The van der Waals surface area contributed by atoms with Gasteiger partial charge in [0.2, 0.25) is 5.76 Å². The van der Waals surface area contributed by atoms with E-state index in [1.54, 1.807) is 6.07 Å². The lowest BCUT2D eigenvalue weighted by Gasteiger charge is -2.15. The van der Waals surface area contributed by atoms with Gasteiger partial charge in [-0.25, -0.2) is 4.79 Å². The molecular formula is C11H18N2O3. The number of nitrogens with zero attached hydrogens (tertiary/aromatic N) is 1. The lowest BCUT2D eigenvalue weighted by molar-refractivity contribution is 0.0562. The smallest absolute Gasteiger partial charge is 0.374 e. The summed E-state index contributed by atoms with van der Waals surface area (Å²) in [5.74, 6) is -0.138. The van der Waals surface area contributed by atoms with Crippen LogP contribution in [0.4, 0.5) is 0 Å². The molecule has 0 aliphatic heterocycles. The number of furan rings is 1. The molecule has 0 aliphatic carbocycles. The quantitative estimate of drug-likeness (QED) is 0.724. The monoisotopic (exact) mass is 226 g/mol. The summed E-state index contributed by atoms with van der Waals surface area (Å²) in [7, 11) is 5.25. The van der Waals surface area contributed by atoms with Crippen molar-refractivity contribution < 1.29 is 13.9 Å². The molecule has 0 spiro atoms. The zero-order valence-electron chi connectivity index (χ0n) is 9.95. The van der Waals surface area contributed by atoms with Crippen LogP contribution in [0.5, 0.6) is 0 Å². The zero-order chi connectivity index (χ0) is 12.0. The van der Waals surface area contributed by atoms with Gasteiger partial charge in [0.1, 0.15) is 0 Å². The Morgan fingerprint density at radius 3 is 3.00 bits per heavy atom. The third kappa shape index (κ3) is 3.36. The number of carbonyl (C=O) groups excluding carboxylic acids is 1. The second kappa shape index (κ2) is 6.30. The van der Waals surface area contributed by atoms with E-state index >= 15 is 0 Å². The Morgan fingerprint density at radius 1 is 1.62 bits per heavy atom. The van der Waals surface area contributed by atoms with E-state index in [-0.39, 0.29) is 0 Å². The van der Waals surface area contributed by atoms with Crippen LogP contribution in [0.25, 0.3) is 0 Å². The molecule has 0 saturated heterocycles. The highest BCUT2D eigenvalue weighted by atomic mass is 16.5. The molecule has 1 aromatic heterocycles. The minimum Gasteiger partial charge on any atom is -0.463 e. The molecule has 0 radical (unpaired) electrons. The highest BCUT2D eigenvalue weighted by molar-refractivity contribution is 5.87. The first-order valence-corrected chi connectivity index (χ1v) is 5.17. The molecule has 5 nitrogen and oxygen atoms in total. The number of likely N-dealkylation sites (N-methyl/N-ethyl adjacent to an activating group) is 2. The molecule has 0 amide bonds. The summed E-state index contributed by atoms with van der Waals surface area (Å²) in [6, 6.07) is 1.79. The third-order valence-corrected chi connectivity index (χ3v) is 2.30. The molecule has 90 valence electrons. The fraction of sp³-hybridized carbons (Fsp3) is 0.545. The SMILES string of the molecule is CNCCN(C)Cc1ccoc1C(=O)OC. The van der Waals surface area contributed by atoms with Gasteiger partial charge in [0.15, 0.2) is 0 Å². The average molecular weight is 226 g/mol. The van der Waals surface area contributed by atoms with Gasteiger partial charge in [-0.1, -0.05) is 0 Å². The van der Waals surface area contributed by atoms with Crippen LogP contribution in [0.3, 0.4) is 0 Å². The Morgan fingerprint density at radius 2 is 2.38 bits per heavy atom. The minimum atomic E-state index is -0.429. The van der Waals surface area contributed by atoms with Crippen molar-refractivity contribution in [2.75, 3.05) is 34.3 Å². The molecule has 1 rings (SSSR count). The molecule has 0 saturated carbocycles. The third-order valence-electron chi connectivity index (χ3n) is 2.30. The lowest BCUT2D eigenvalue weighted by atomic mass is 10.2. The van der Waals surface area contributed by atoms with Crippen molar-refractivity contribution in [3.63, 3.8) is 0 Å². The molecule has 1 heterocycles. The summed E-state index contributed by atoms with van der Waals surface area (Å²) in [6.45, 7) is 2.48. The van der Waals surface area contributed by atoms with E-state index in [4.69, 9.17) is 4.42 Å². The number of nitrogens with one attached hydrogen (secondary N) is 1. The molecule has 0 aliphatic rings. The molecule has 0 aromatic carbocycles. The van der Waals surface area contributed by atoms with Crippen LogP contribution in [0.2, 0.25) is 0 Å². The number of esters is 1. The maximum Gasteiger partial charge on any atom is 0.374 e. The first-order valence-electron chi connectivity index (χ1n) is 5.17. The van der Waals surface area contributed by atoms with Crippen molar-refractivity contribution in [2.24, 2.45) is 0 Å². The van der Waals surface area contributed by atoms with E-state index in [0.29, 0.717) is 12.3 Å². The van der Waals surface area contributed by atoms with Crippen LogP contribution >= 0.6 is 0 Å². The Labute approximate surface area is 95.4 Å². The van der Waals surface area contributed by atoms with Crippen molar-refractivity contribution in [1.82, 2.24) is 10.2 Å². The van der Waals surface area contributed by atoms with Gasteiger partial charge in [0.05, 0.1) is 13.4 Å². The standard InChI is InChI=1S/C11H18N2O3/c1-12-5-6-13(2)8-9-4-7-16-10(9)11(14)15-3/h4,7,12H,5-6,8H2,1-3H3. The topological polar surface area (TPSA) is 54.7 Å². The van der Waals surface area contributed by atoms with Gasteiger partial charge >= 0.3 is 5.97 Å². The predicted octanol–water partition coefficient (Wildman–Crippen LogP) is 0.717. The second-order valence-corrected chi connectivity index (χ2v) is 3.61. The Hall–Kier alpha value is -1.33. The van der Waals surface area contributed by atoms with Gasteiger partial charge in [-0.2, -0.15) is 0 Å². The van der Waals surface area contributed by atoms with Crippen LogP contribution < -0.4 is 5.32 Å². The molecule has 0 bridgehead atoms. The lowest BCUT2D eigenvalue weighted by Crippen LogP contribution is -2.27. The van der Waals surface area contributed by atoms with Crippen molar-refractivity contribution in [2.45, 2.75) is 6.54 Å². The van der Waals surface area contributed by atoms with Gasteiger partial charge in [-0.3, -0.25) is 0 Å². The van der Waals surface area contributed by atoms with E-state index in [9.17, 15) is 4.79 Å². The van der Waals surface area contributed by atoms with E-state index in [0.717, 1.165) is 18.7 Å². The van der Waals surface area contributed by atoms with E-state index < -0.39 is 5.97 Å². The summed E-state index contributed by atoms with van der Waals surface area (Å²) >= 11 is 0. The normalized spacial score (nSPS) is 10.8. The van der Waals surface area contributed by atoms with Gasteiger partial charge in [-0.05, 0) is 20.2 Å². The molecule has 1 aromatic rings. The van der Waals surface area contributed by atoms with Crippen LogP contribution in [-0.4, -0.2) is 45.2 Å². The minimum absolute atomic E-state index is 0.291. The molecule has 0 unspecified atom stereocenters. The zero-order valence-corrected chi connectivity index (χ0v) is 9.95. The highest BCUT2D eigenvalue weighted by Gasteiger charge is 2.16. The summed E-state index contributed by atoms with van der Waals surface area (Å²) in [6.07, 6.45) is 1.51. The Balaban J connectivity index is 2.59. The van der Waals surface area contributed by atoms with Crippen LogP contribution in [-0.2, 0) is 11.3 Å². The van der Waals surface area contributed by atoms with Crippen molar-refractivity contribution in [3.8, 4) is 0 Å². The first-order chi connectivity index (χ1) is 7.69. The summed E-state index contributed by atoms with van der Waals surface area (Å²) < 4.78 is 9.74. The van der Waals surface area contributed by atoms with Crippen LogP contribution in [0.15, 0.2) is 16.7 Å². The van der Waals surface area contributed by atoms with Crippen molar-refractivity contribution >= 4 is 5.97 Å². The van der Waals surface area contributed by atoms with Crippen LogP contribution in [0, 0.1) is 0 Å². The average Bonchev–Trinajstić information content (AvgIpc) is 2.73. The Bertz CT molecular complexity index is 336.